The van der Waals surface area contributed by atoms with Crippen LogP contribution >= 0.6 is 0 Å². The third kappa shape index (κ3) is 1.93. The Hall–Kier alpha value is -2.17. The van der Waals surface area contributed by atoms with Gasteiger partial charge in [0.15, 0.2) is 0 Å². The normalized spacial score (nSPS) is 13.8. The smallest absolute Gasteiger partial charge is 0.317 e. The van der Waals surface area contributed by atoms with Crippen molar-refractivity contribution < 1.29 is 14.8 Å². The molecule has 1 aromatic carbocycles. The Morgan fingerprint density at radius 1 is 1.62 bits per heavy atom. The predicted molar refractivity (Wildman–Crippen MR) is 58.3 cm³/mol. The van der Waals surface area contributed by atoms with E-state index in [1.54, 1.807) is 0 Å². The molecule has 0 aliphatic rings. The van der Waals surface area contributed by atoms with Crippen molar-refractivity contribution in [2.75, 3.05) is 0 Å². The maximum absolute atomic E-state index is 11.1. The maximum Gasteiger partial charge on any atom is 0.317 e. The van der Waals surface area contributed by atoms with E-state index in [1.165, 1.54) is 37.3 Å². The third-order valence-electron chi connectivity index (χ3n) is 2.51. The predicted octanol–water partition coefficient (Wildman–Crippen LogP) is 2.12. The number of hydrogen-bond donors (Lipinski definition) is 1. The topological polar surface area (TPSA) is 80.4 Å². The fourth-order valence-corrected chi connectivity index (χ4v) is 1.27. The molecule has 1 atom stereocenters. The van der Waals surface area contributed by atoms with Gasteiger partial charge in [-0.3, -0.25) is 14.9 Å². The van der Waals surface area contributed by atoms with E-state index in [4.69, 9.17) is 5.11 Å². The van der Waals surface area contributed by atoms with Crippen molar-refractivity contribution >= 4 is 11.7 Å². The summed E-state index contributed by atoms with van der Waals surface area (Å²) in [6.45, 7) is 4.90. The van der Waals surface area contributed by atoms with Gasteiger partial charge in [-0.1, -0.05) is 18.2 Å². The first kappa shape index (κ1) is 11.9. The van der Waals surface area contributed by atoms with Crippen molar-refractivity contribution in [3.05, 3.63) is 52.6 Å². The first-order valence-corrected chi connectivity index (χ1v) is 4.53. The van der Waals surface area contributed by atoms with Gasteiger partial charge >= 0.3 is 5.97 Å². The highest BCUT2D eigenvalue weighted by Gasteiger charge is 2.32. The lowest BCUT2D eigenvalue weighted by Crippen LogP contribution is -2.29. The Kier molecular flexibility index (Phi) is 3.08. The maximum atomic E-state index is 11.1. The number of nitro groups is 1. The molecule has 1 rings (SSSR count). The highest BCUT2D eigenvalue weighted by atomic mass is 16.6. The van der Waals surface area contributed by atoms with E-state index in [9.17, 15) is 14.9 Å². The lowest BCUT2D eigenvalue weighted by molar-refractivity contribution is -0.384. The van der Waals surface area contributed by atoms with Crippen molar-refractivity contribution in [2.45, 2.75) is 12.3 Å². The highest BCUT2D eigenvalue weighted by molar-refractivity contribution is 5.83. The molecular formula is C11H11NO4. The van der Waals surface area contributed by atoms with Gasteiger partial charge in [-0.2, -0.15) is 0 Å². The zero-order valence-corrected chi connectivity index (χ0v) is 8.71. The number of nitro benzene ring substituents is 1. The quantitative estimate of drug-likeness (QED) is 0.479. The number of carboxylic acids is 1. The average Bonchev–Trinajstić information content (AvgIpc) is 2.27. The van der Waals surface area contributed by atoms with Gasteiger partial charge in [0.2, 0.25) is 0 Å². The Morgan fingerprint density at radius 3 is 2.69 bits per heavy atom. The zero-order valence-electron chi connectivity index (χ0n) is 8.71. The van der Waals surface area contributed by atoms with E-state index in [0.29, 0.717) is 5.56 Å². The summed E-state index contributed by atoms with van der Waals surface area (Å²) in [5.74, 6) is -1.09. The van der Waals surface area contributed by atoms with E-state index < -0.39 is 16.3 Å². The largest absolute Gasteiger partial charge is 0.480 e. The van der Waals surface area contributed by atoms with Gasteiger partial charge in [-0.25, -0.2) is 0 Å². The first-order chi connectivity index (χ1) is 7.41. The number of carbonyl (C=O) groups is 1. The summed E-state index contributed by atoms with van der Waals surface area (Å²) in [6, 6.07) is 5.55. The van der Waals surface area contributed by atoms with Crippen LogP contribution in [0.4, 0.5) is 5.69 Å². The number of carboxylic acid groups (broad SMARTS) is 1. The van der Waals surface area contributed by atoms with Crippen LogP contribution in [0.15, 0.2) is 36.9 Å². The minimum atomic E-state index is -1.31. The highest BCUT2D eigenvalue weighted by Crippen LogP contribution is 2.28. The van der Waals surface area contributed by atoms with Gasteiger partial charge in [-0.05, 0) is 12.5 Å². The molecule has 0 bridgehead atoms. The zero-order chi connectivity index (χ0) is 12.3. The van der Waals surface area contributed by atoms with Gasteiger partial charge in [-0.15, -0.1) is 6.58 Å². The Labute approximate surface area is 92.2 Å². The van der Waals surface area contributed by atoms with Gasteiger partial charge in [0.1, 0.15) is 5.41 Å². The molecule has 0 amide bonds. The molecule has 0 unspecified atom stereocenters. The number of non-ortho nitro benzene ring substituents is 1. The molecule has 0 aromatic heterocycles. The van der Waals surface area contributed by atoms with E-state index in [-0.39, 0.29) is 5.69 Å². The summed E-state index contributed by atoms with van der Waals surface area (Å²) in [7, 11) is 0. The molecule has 84 valence electrons. The summed E-state index contributed by atoms with van der Waals surface area (Å²) in [5.41, 5.74) is -1.11. The van der Waals surface area contributed by atoms with Crippen molar-refractivity contribution in [3.8, 4) is 0 Å². The van der Waals surface area contributed by atoms with Crippen molar-refractivity contribution in [3.63, 3.8) is 0 Å². The van der Waals surface area contributed by atoms with Crippen LogP contribution in [0.3, 0.4) is 0 Å². The van der Waals surface area contributed by atoms with Crippen molar-refractivity contribution in [1.29, 1.82) is 0 Å². The lowest BCUT2D eigenvalue weighted by atomic mass is 9.82. The van der Waals surface area contributed by atoms with Gasteiger partial charge in [0, 0.05) is 12.1 Å². The molecule has 5 nitrogen and oxygen atoms in total. The summed E-state index contributed by atoms with van der Waals surface area (Å²) in [6.07, 6.45) is 1.26. The Balaban J connectivity index is 3.32. The molecule has 0 saturated heterocycles. The molecule has 0 aliphatic carbocycles. The van der Waals surface area contributed by atoms with E-state index in [0.717, 1.165) is 0 Å². The molecule has 5 heteroatoms. The molecule has 0 saturated carbocycles. The molecule has 1 aromatic rings. The van der Waals surface area contributed by atoms with Gasteiger partial charge in [0.05, 0.1) is 4.92 Å². The summed E-state index contributed by atoms with van der Waals surface area (Å²) in [4.78, 5) is 21.1. The SMILES string of the molecule is C=C[C@](C)(C(=O)O)c1cccc([N+](=O)[O-])c1. The molecule has 0 fully saturated rings. The second kappa shape index (κ2) is 4.14. The lowest BCUT2D eigenvalue weighted by Gasteiger charge is -2.20. The Bertz CT molecular complexity index is 455. The van der Waals surface area contributed by atoms with Crippen LogP contribution in [0.1, 0.15) is 12.5 Å². The number of nitrogens with zero attached hydrogens (tertiary/aromatic N) is 1. The monoisotopic (exact) mass is 221 g/mol. The molecule has 0 aliphatic heterocycles. The molecular weight excluding hydrogens is 210 g/mol. The van der Waals surface area contributed by atoms with Crippen molar-refractivity contribution in [2.24, 2.45) is 0 Å². The number of aliphatic carboxylic acids is 1. The van der Waals surface area contributed by atoms with Crippen LogP contribution in [0.5, 0.6) is 0 Å². The second-order valence-electron chi connectivity index (χ2n) is 3.52. The van der Waals surface area contributed by atoms with E-state index in [1.807, 2.05) is 0 Å². The third-order valence-corrected chi connectivity index (χ3v) is 2.51. The Morgan fingerprint density at radius 2 is 2.25 bits per heavy atom. The molecule has 0 heterocycles. The molecule has 1 N–H and O–H groups in total. The van der Waals surface area contributed by atoms with Crippen LogP contribution in [0.25, 0.3) is 0 Å². The van der Waals surface area contributed by atoms with E-state index >= 15 is 0 Å². The second-order valence-corrected chi connectivity index (χ2v) is 3.52. The van der Waals surface area contributed by atoms with Crippen LogP contribution in [0.2, 0.25) is 0 Å². The van der Waals surface area contributed by atoms with Crippen LogP contribution in [-0.2, 0) is 10.2 Å². The fraction of sp³-hybridized carbons (Fsp3) is 0.182. The van der Waals surface area contributed by atoms with Gasteiger partial charge < -0.3 is 5.11 Å². The standard InChI is InChI=1S/C11H11NO4/c1-3-11(2,10(13)14)8-5-4-6-9(7-8)12(15)16/h3-7H,1H2,2H3,(H,13,14)/t11-/m0/s1. The fourth-order valence-electron chi connectivity index (χ4n) is 1.27. The number of rotatable bonds is 4. The van der Waals surface area contributed by atoms with Crippen LogP contribution in [-0.4, -0.2) is 16.0 Å². The minimum Gasteiger partial charge on any atom is -0.480 e. The summed E-state index contributed by atoms with van der Waals surface area (Å²) >= 11 is 0. The summed E-state index contributed by atoms with van der Waals surface area (Å²) < 4.78 is 0. The van der Waals surface area contributed by atoms with Gasteiger partial charge in [0.25, 0.3) is 5.69 Å². The van der Waals surface area contributed by atoms with Crippen molar-refractivity contribution in [1.82, 2.24) is 0 Å². The minimum absolute atomic E-state index is 0.133. The van der Waals surface area contributed by atoms with Crippen LogP contribution < -0.4 is 0 Å². The average molecular weight is 221 g/mol. The van der Waals surface area contributed by atoms with Crippen LogP contribution in [0, 0.1) is 10.1 Å². The number of benzene rings is 1. The first-order valence-electron chi connectivity index (χ1n) is 4.53. The molecule has 0 radical (unpaired) electrons. The van der Waals surface area contributed by atoms with E-state index in [2.05, 4.69) is 6.58 Å². The molecule has 16 heavy (non-hydrogen) atoms. The summed E-state index contributed by atoms with van der Waals surface area (Å²) in [5, 5.41) is 19.6. The number of hydrogen-bond acceptors (Lipinski definition) is 3. The molecule has 0 spiro atoms.